The summed E-state index contributed by atoms with van der Waals surface area (Å²) in [5.41, 5.74) is 0.894. The summed E-state index contributed by atoms with van der Waals surface area (Å²) in [7, 11) is -2.11. The van der Waals surface area contributed by atoms with Crippen LogP contribution >= 0.6 is 47.8 Å². The van der Waals surface area contributed by atoms with Crippen molar-refractivity contribution in [2.24, 2.45) is 0 Å². The molecule has 0 aliphatic carbocycles. The SMILES string of the molecule is CNc1ccncc1S(=O)(=O)Nc1c(Br)cc(Br)cc1Br. The van der Waals surface area contributed by atoms with Crippen LogP contribution in [0.4, 0.5) is 11.4 Å². The molecule has 0 fully saturated rings. The van der Waals surface area contributed by atoms with Crippen LogP contribution in [0.5, 0.6) is 0 Å². The average molecular weight is 500 g/mol. The van der Waals surface area contributed by atoms with Crippen molar-refractivity contribution < 1.29 is 8.42 Å². The maximum atomic E-state index is 12.5. The number of sulfonamides is 1. The highest BCUT2D eigenvalue weighted by Crippen LogP contribution is 2.36. The normalized spacial score (nSPS) is 11.2. The van der Waals surface area contributed by atoms with E-state index in [4.69, 9.17) is 0 Å². The number of halogens is 3. The third-order valence-electron chi connectivity index (χ3n) is 2.59. The lowest BCUT2D eigenvalue weighted by molar-refractivity contribution is 0.601. The second-order valence-corrected chi connectivity index (χ2v) is 8.25. The van der Waals surface area contributed by atoms with Crippen molar-refractivity contribution in [1.82, 2.24) is 4.98 Å². The molecule has 1 aromatic heterocycles. The fraction of sp³-hybridized carbons (Fsp3) is 0.0833. The van der Waals surface area contributed by atoms with E-state index >= 15 is 0 Å². The fourth-order valence-electron chi connectivity index (χ4n) is 1.63. The number of anilines is 2. The van der Waals surface area contributed by atoms with Gasteiger partial charge in [-0.1, -0.05) is 15.9 Å². The highest BCUT2D eigenvalue weighted by molar-refractivity contribution is 9.11. The van der Waals surface area contributed by atoms with Gasteiger partial charge in [-0.2, -0.15) is 0 Å². The molecule has 1 heterocycles. The zero-order valence-electron chi connectivity index (χ0n) is 10.7. The fourth-order valence-corrected chi connectivity index (χ4v) is 5.61. The Morgan fingerprint density at radius 2 is 1.76 bits per heavy atom. The zero-order chi connectivity index (χ0) is 15.6. The van der Waals surface area contributed by atoms with E-state index in [0.29, 0.717) is 20.3 Å². The third-order valence-corrected chi connectivity index (χ3v) is 5.67. The topological polar surface area (TPSA) is 71.1 Å². The van der Waals surface area contributed by atoms with Crippen LogP contribution in [0.25, 0.3) is 0 Å². The molecule has 112 valence electrons. The minimum atomic E-state index is -3.76. The summed E-state index contributed by atoms with van der Waals surface area (Å²) in [4.78, 5) is 3.95. The minimum Gasteiger partial charge on any atom is -0.387 e. The number of hydrogen-bond acceptors (Lipinski definition) is 4. The molecular weight excluding hydrogens is 490 g/mol. The molecule has 0 bridgehead atoms. The zero-order valence-corrected chi connectivity index (χ0v) is 16.3. The predicted octanol–water partition coefficient (Wildman–Crippen LogP) is 4.21. The molecule has 0 saturated heterocycles. The number of hydrogen-bond donors (Lipinski definition) is 2. The molecule has 1 aromatic carbocycles. The predicted molar refractivity (Wildman–Crippen MR) is 94.1 cm³/mol. The van der Waals surface area contributed by atoms with Crippen molar-refractivity contribution in [1.29, 1.82) is 0 Å². The van der Waals surface area contributed by atoms with E-state index < -0.39 is 10.0 Å². The Kier molecular flexibility index (Phi) is 5.29. The third kappa shape index (κ3) is 3.77. The van der Waals surface area contributed by atoms with E-state index in [0.717, 1.165) is 4.47 Å². The van der Waals surface area contributed by atoms with E-state index in [1.54, 1.807) is 25.2 Å². The summed E-state index contributed by atoms with van der Waals surface area (Å²) >= 11 is 10.0. The molecule has 0 saturated carbocycles. The van der Waals surface area contributed by atoms with E-state index in [-0.39, 0.29) is 4.90 Å². The van der Waals surface area contributed by atoms with Crippen LogP contribution in [0.1, 0.15) is 0 Å². The van der Waals surface area contributed by atoms with Gasteiger partial charge in [-0.3, -0.25) is 9.71 Å². The minimum absolute atomic E-state index is 0.0780. The average Bonchev–Trinajstić information content (AvgIpc) is 2.43. The molecule has 2 rings (SSSR count). The first-order valence-electron chi connectivity index (χ1n) is 5.64. The number of aromatic nitrogens is 1. The van der Waals surface area contributed by atoms with Gasteiger partial charge in [-0.15, -0.1) is 0 Å². The standard InChI is InChI=1S/C12H10Br3N3O2S/c1-16-10-2-3-17-6-11(10)21(19,20)18-12-8(14)4-7(13)5-9(12)15/h2-6,18H,1H3,(H,16,17). The number of pyridine rings is 1. The van der Waals surface area contributed by atoms with Crippen molar-refractivity contribution in [3.8, 4) is 0 Å². The molecular formula is C12H10Br3N3O2S. The smallest absolute Gasteiger partial charge is 0.265 e. The Morgan fingerprint density at radius 1 is 1.14 bits per heavy atom. The summed E-state index contributed by atoms with van der Waals surface area (Å²) in [5, 5.41) is 2.84. The summed E-state index contributed by atoms with van der Waals surface area (Å²) < 4.78 is 29.7. The largest absolute Gasteiger partial charge is 0.387 e. The van der Waals surface area contributed by atoms with Gasteiger partial charge in [0.25, 0.3) is 10.0 Å². The van der Waals surface area contributed by atoms with Crippen LogP contribution in [-0.4, -0.2) is 20.4 Å². The van der Waals surface area contributed by atoms with E-state index in [9.17, 15) is 8.42 Å². The van der Waals surface area contributed by atoms with Crippen LogP contribution in [0.2, 0.25) is 0 Å². The van der Waals surface area contributed by atoms with Crippen molar-refractivity contribution >= 4 is 69.2 Å². The van der Waals surface area contributed by atoms with Crippen LogP contribution < -0.4 is 10.0 Å². The molecule has 5 nitrogen and oxygen atoms in total. The van der Waals surface area contributed by atoms with E-state index in [1.807, 2.05) is 0 Å². The lowest BCUT2D eigenvalue weighted by atomic mass is 10.3. The summed E-state index contributed by atoms with van der Waals surface area (Å²) in [6.07, 6.45) is 2.82. The maximum Gasteiger partial charge on any atom is 0.265 e. The van der Waals surface area contributed by atoms with E-state index in [2.05, 4.69) is 62.8 Å². The molecule has 0 aliphatic rings. The van der Waals surface area contributed by atoms with Gasteiger partial charge < -0.3 is 5.32 Å². The first-order chi connectivity index (χ1) is 9.85. The van der Waals surface area contributed by atoms with Gasteiger partial charge >= 0.3 is 0 Å². The Bertz CT molecular complexity index is 758. The van der Waals surface area contributed by atoms with Crippen LogP contribution in [0, 0.1) is 0 Å². The lowest BCUT2D eigenvalue weighted by Gasteiger charge is -2.14. The lowest BCUT2D eigenvalue weighted by Crippen LogP contribution is -2.15. The first-order valence-corrected chi connectivity index (χ1v) is 9.50. The van der Waals surface area contributed by atoms with Crippen LogP contribution in [0.3, 0.4) is 0 Å². The van der Waals surface area contributed by atoms with Gasteiger partial charge in [0.15, 0.2) is 0 Å². The van der Waals surface area contributed by atoms with Crippen LogP contribution in [-0.2, 0) is 10.0 Å². The number of nitrogens with zero attached hydrogens (tertiary/aromatic N) is 1. The summed E-state index contributed by atoms with van der Waals surface area (Å²) in [6, 6.07) is 5.11. The maximum absolute atomic E-state index is 12.5. The number of rotatable bonds is 4. The summed E-state index contributed by atoms with van der Waals surface area (Å²) in [5.74, 6) is 0. The molecule has 9 heteroatoms. The quantitative estimate of drug-likeness (QED) is 0.661. The van der Waals surface area contributed by atoms with Gasteiger partial charge in [0, 0.05) is 32.9 Å². The second kappa shape index (κ2) is 6.64. The van der Waals surface area contributed by atoms with Crippen LogP contribution in [0.15, 0.2) is 48.9 Å². The Morgan fingerprint density at radius 3 is 2.33 bits per heavy atom. The van der Waals surface area contributed by atoms with Gasteiger partial charge in [-0.25, -0.2) is 8.42 Å². The molecule has 0 unspecified atom stereocenters. The molecule has 0 spiro atoms. The highest BCUT2D eigenvalue weighted by Gasteiger charge is 2.21. The number of benzene rings is 1. The molecule has 0 atom stereocenters. The number of nitrogens with one attached hydrogen (secondary N) is 2. The Hall–Kier alpha value is -0.640. The van der Waals surface area contributed by atoms with Gasteiger partial charge in [-0.05, 0) is 50.1 Å². The molecule has 0 aliphatic heterocycles. The Labute approximate surface area is 148 Å². The van der Waals surface area contributed by atoms with Crippen molar-refractivity contribution in [2.75, 3.05) is 17.1 Å². The monoisotopic (exact) mass is 497 g/mol. The first kappa shape index (κ1) is 16.7. The van der Waals surface area contributed by atoms with Gasteiger partial charge in [0.2, 0.25) is 0 Å². The van der Waals surface area contributed by atoms with Crippen molar-refractivity contribution in [3.05, 3.63) is 44.0 Å². The van der Waals surface area contributed by atoms with Gasteiger partial charge in [0.05, 0.1) is 11.4 Å². The van der Waals surface area contributed by atoms with Gasteiger partial charge in [0.1, 0.15) is 4.90 Å². The van der Waals surface area contributed by atoms with E-state index in [1.165, 1.54) is 12.4 Å². The van der Waals surface area contributed by atoms with Crippen molar-refractivity contribution in [3.63, 3.8) is 0 Å². The molecule has 0 radical (unpaired) electrons. The molecule has 2 N–H and O–H groups in total. The summed E-state index contributed by atoms with van der Waals surface area (Å²) in [6.45, 7) is 0. The molecule has 2 aromatic rings. The Balaban J connectivity index is 2.48. The highest BCUT2D eigenvalue weighted by atomic mass is 79.9. The second-order valence-electron chi connectivity index (χ2n) is 3.97. The molecule has 21 heavy (non-hydrogen) atoms. The molecule has 0 amide bonds. The van der Waals surface area contributed by atoms with Crippen molar-refractivity contribution in [2.45, 2.75) is 4.90 Å².